The third-order valence-corrected chi connectivity index (χ3v) is 3.99. The lowest BCUT2D eigenvalue weighted by atomic mass is 10.0. The maximum Gasteiger partial charge on any atom is 0.256 e. The number of ether oxygens (including phenoxy) is 1. The van der Waals surface area contributed by atoms with Crippen LogP contribution < -0.4 is 10.1 Å². The number of carbonyl (C=O) groups is 1. The molecule has 5 nitrogen and oxygen atoms in total. The number of anilines is 1. The number of aromatic amines is 1. The number of amides is 1. The molecule has 4 rings (SSSR count). The third kappa shape index (κ3) is 2.02. The highest BCUT2D eigenvalue weighted by Gasteiger charge is 2.20. The lowest BCUT2D eigenvalue weighted by Gasteiger charge is -2.08. The van der Waals surface area contributed by atoms with E-state index in [9.17, 15) is 4.79 Å². The molecule has 0 unspecified atom stereocenters. The third-order valence-electron chi connectivity index (χ3n) is 3.99. The van der Waals surface area contributed by atoms with Crippen molar-refractivity contribution < 1.29 is 9.53 Å². The Morgan fingerprint density at radius 2 is 2.23 bits per heavy atom. The SMILES string of the molecule is Cc1[nH]nc2cc(NC(=O)c3cccc4c3CCO4)ccc12. The average Bonchev–Trinajstić information content (AvgIpc) is 3.13. The Kier molecular flexibility index (Phi) is 2.85. The van der Waals surface area contributed by atoms with Gasteiger partial charge in [0.2, 0.25) is 0 Å². The highest BCUT2D eigenvalue weighted by atomic mass is 16.5. The van der Waals surface area contributed by atoms with Crippen LogP contribution in [0.25, 0.3) is 10.9 Å². The first kappa shape index (κ1) is 12.9. The first-order valence-electron chi connectivity index (χ1n) is 7.23. The first-order chi connectivity index (χ1) is 10.7. The van der Waals surface area contributed by atoms with E-state index in [1.807, 2.05) is 43.3 Å². The van der Waals surface area contributed by atoms with Crippen LogP contribution in [0.2, 0.25) is 0 Å². The van der Waals surface area contributed by atoms with Gasteiger partial charge >= 0.3 is 0 Å². The van der Waals surface area contributed by atoms with Crippen LogP contribution in [0, 0.1) is 6.92 Å². The predicted octanol–water partition coefficient (Wildman–Crippen LogP) is 3.06. The van der Waals surface area contributed by atoms with Crippen LogP contribution in [0.4, 0.5) is 5.69 Å². The van der Waals surface area contributed by atoms with Crippen LogP contribution >= 0.6 is 0 Å². The van der Waals surface area contributed by atoms with Gasteiger partial charge in [-0.3, -0.25) is 9.89 Å². The molecular weight excluding hydrogens is 278 g/mol. The van der Waals surface area contributed by atoms with Crippen LogP contribution in [0.3, 0.4) is 0 Å². The van der Waals surface area contributed by atoms with Gasteiger partial charge in [-0.05, 0) is 37.3 Å². The number of carbonyl (C=O) groups excluding carboxylic acids is 1. The van der Waals surface area contributed by atoms with E-state index in [0.717, 1.165) is 40.0 Å². The van der Waals surface area contributed by atoms with Crippen molar-refractivity contribution in [1.29, 1.82) is 0 Å². The van der Waals surface area contributed by atoms with Crippen LogP contribution in [0.5, 0.6) is 5.75 Å². The maximum atomic E-state index is 12.5. The van der Waals surface area contributed by atoms with Gasteiger partial charge in [-0.1, -0.05) is 6.07 Å². The average molecular weight is 293 g/mol. The molecule has 1 amide bonds. The normalized spacial score (nSPS) is 13.0. The fourth-order valence-corrected chi connectivity index (χ4v) is 2.86. The number of benzene rings is 2. The quantitative estimate of drug-likeness (QED) is 0.763. The molecule has 110 valence electrons. The molecule has 0 saturated heterocycles. The molecule has 0 saturated carbocycles. The molecule has 22 heavy (non-hydrogen) atoms. The van der Waals surface area contributed by atoms with E-state index in [1.54, 1.807) is 0 Å². The maximum absolute atomic E-state index is 12.5. The van der Waals surface area contributed by atoms with Crippen molar-refractivity contribution in [3.8, 4) is 5.75 Å². The number of hydrogen-bond acceptors (Lipinski definition) is 3. The molecule has 0 aliphatic carbocycles. The summed E-state index contributed by atoms with van der Waals surface area (Å²) in [6.07, 6.45) is 0.774. The Morgan fingerprint density at radius 1 is 1.32 bits per heavy atom. The van der Waals surface area contributed by atoms with E-state index >= 15 is 0 Å². The Labute approximate surface area is 127 Å². The second-order valence-corrected chi connectivity index (χ2v) is 5.42. The standard InChI is InChI=1S/C17H15N3O2/c1-10-12-6-5-11(9-15(12)20-19-10)18-17(21)14-3-2-4-16-13(14)7-8-22-16/h2-6,9H,7-8H2,1H3,(H,18,21)(H,19,20). The van der Waals surface area contributed by atoms with Gasteiger partial charge in [0.05, 0.1) is 12.1 Å². The highest BCUT2D eigenvalue weighted by molar-refractivity contribution is 6.06. The lowest BCUT2D eigenvalue weighted by molar-refractivity contribution is 0.102. The highest BCUT2D eigenvalue weighted by Crippen LogP contribution is 2.29. The minimum Gasteiger partial charge on any atom is -0.493 e. The van der Waals surface area contributed by atoms with Crippen molar-refractivity contribution >= 4 is 22.5 Å². The van der Waals surface area contributed by atoms with Gasteiger partial charge in [0, 0.05) is 34.3 Å². The minimum absolute atomic E-state index is 0.117. The molecule has 0 bridgehead atoms. The van der Waals surface area contributed by atoms with E-state index in [-0.39, 0.29) is 5.91 Å². The molecule has 1 aromatic heterocycles. The number of nitrogens with zero attached hydrogens (tertiary/aromatic N) is 1. The van der Waals surface area contributed by atoms with E-state index in [0.29, 0.717) is 12.2 Å². The van der Waals surface area contributed by atoms with Gasteiger partial charge in [0.1, 0.15) is 5.75 Å². The molecule has 0 spiro atoms. The lowest BCUT2D eigenvalue weighted by Crippen LogP contribution is -2.13. The van der Waals surface area contributed by atoms with Crippen molar-refractivity contribution in [2.24, 2.45) is 0 Å². The smallest absolute Gasteiger partial charge is 0.256 e. The van der Waals surface area contributed by atoms with Gasteiger partial charge in [-0.2, -0.15) is 5.10 Å². The van der Waals surface area contributed by atoms with E-state index in [1.165, 1.54) is 0 Å². The summed E-state index contributed by atoms with van der Waals surface area (Å²) in [6.45, 7) is 2.61. The van der Waals surface area contributed by atoms with Crippen LogP contribution in [0.1, 0.15) is 21.6 Å². The largest absolute Gasteiger partial charge is 0.493 e. The number of hydrogen-bond donors (Lipinski definition) is 2. The Balaban J connectivity index is 1.65. The zero-order valence-electron chi connectivity index (χ0n) is 12.1. The molecule has 1 aliphatic rings. The molecule has 5 heteroatoms. The first-order valence-corrected chi connectivity index (χ1v) is 7.23. The molecular formula is C17H15N3O2. The molecule has 0 fully saturated rings. The number of aryl methyl sites for hydroxylation is 1. The molecule has 2 aromatic carbocycles. The molecule has 1 aliphatic heterocycles. The van der Waals surface area contributed by atoms with Crippen LogP contribution in [0.15, 0.2) is 36.4 Å². The number of aromatic nitrogens is 2. The predicted molar refractivity (Wildman–Crippen MR) is 84.4 cm³/mol. The summed E-state index contributed by atoms with van der Waals surface area (Å²) in [6, 6.07) is 11.3. The molecule has 2 heterocycles. The number of fused-ring (bicyclic) bond motifs is 2. The summed E-state index contributed by atoms with van der Waals surface area (Å²) in [4.78, 5) is 12.5. The van der Waals surface area contributed by atoms with E-state index in [2.05, 4.69) is 15.5 Å². The van der Waals surface area contributed by atoms with Crippen LogP contribution in [-0.4, -0.2) is 22.7 Å². The van der Waals surface area contributed by atoms with E-state index in [4.69, 9.17) is 4.74 Å². The summed E-state index contributed by atoms with van der Waals surface area (Å²) < 4.78 is 5.51. The van der Waals surface area contributed by atoms with Crippen molar-refractivity contribution in [1.82, 2.24) is 10.2 Å². The number of nitrogens with one attached hydrogen (secondary N) is 2. The van der Waals surface area contributed by atoms with Crippen molar-refractivity contribution in [3.63, 3.8) is 0 Å². The summed E-state index contributed by atoms with van der Waals surface area (Å²) in [5.74, 6) is 0.694. The number of rotatable bonds is 2. The van der Waals surface area contributed by atoms with Crippen LogP contribution in [-0.2, 0) is 6.42 Å². The summed E-state index contributed by atoms with van der Waals surface area (Å²) >= 11 is 0. The van der Waals surface area contributed by atoms with Gasteiger partial charge in [-0.15, -0.1) is 0 Å². The second kappa shape index (κ2) is 4.87. The summed E-state index contributed by atoms with van der Waals surface area (Å²) in [7, 11) is 0. The molecule has 2 N–H and O–H groups in total. The Hall–Kier alpha value is -2.82. The van der Waals surface area contributed by atoms with Crippen molar-refractivity contribution in [3.05, 3.63) is 53.2 Å². The fourth-order valence-electron chi connectivity index (χ4n) is 2.86. The molecule has 3 aromatic rings. The van der Waals surface area contributed by atoms with Crippen molar-refractivity contribution in [2.45, 2.75) is 13.3 Å². The number of H-pyrrole nitrogens is 1. The zero-order chi connectivity index (χ0) is 15.1. The van der Waals surface area contributed by atoms with E-state index < -0.39 is 0 Å². The molecule has 0 radical (unpaired) electrons. The topological polar surface area (TPSA) is 67.0 Å². The monoisotopic (exact) mass is 293 g/mol. The molecule has 0 atom stereocenters. The van der Waals surface area contributed by atoms with Crippen molar-refractivity contribution in [2.75, 3.05) is 11.9 Å². The Bertz CT molecular complexity index is 883. The van der Waals surface area contributed by atoms with Gasteiger partial charge in [0.25, 0.3) is 5.91 Å². The van der Waals surface area contributed by atoms with Gasteiger partial charge < -0.3 is 10.1 Å². The second-order valence-electron chi connectivity index (χ2n) is 5.42. The fraction of sp³-hybridized carbons (Fsp3) is 0.176. The van der Waals surface area contributed by atoms with Gasteiger partial charge in [-0.25, -0.2) is 0 Å². The zero-order valence-corrected chi connectivity index (χ0v) is 12.1. The summed E-state index contributed by atoms with van der Waals surface area (Å²) in [5.41, 5.74) is 4.26. The summed E-state index contributed by atoms with van der Waals surface area (Å²) in [5, 5.41) is 11.2. The Morgan fingerprint density at radius 3 is 3.14 bits per heavy atom. The van der Waals surface area contributed by atoms with Gasteiger partial charge in [0.15, 0.2) is 0 Å². The minimum atomic E-state index is -0.117.